The first-order chi connectivity index (χ1) is 7.57. The fraction of sp³-hybridized carbons (Fsp3) is 0.583. The number of halogens is 3. The third kappa shape index (κ3) is 3.61. The molecule has 1 aliphatic heterocycles. The second-order valence-corrected chi connectivity index (χ2v) is 4.38. The van der Waals surface area contributed by atoms with Crippen LogP contribution >= 0.6 is 12.4 Å². The third-order valence-corrected chi connectivity index (χ3v) is 3.05. The van der Waals surface area contributed by atoms with Gasteiger partial charge in [0.15, 0.2) is 0 Å². The second-order valence-electron chi connectivity index (χ2n) is 4.38. The van der Waals surface area contributed by atoms with Crippen LogP contribution in [0.15, 0.2) is 18.3 Å². The zero-order valence-electron chi connectivity index (χ0n) is 9.75. The molecule has 0 unspecified atom stereocenters. The predicted molar refractivity (Wildman–Crippen MR) is 65.9 cm³/mol. The lowest BCUT2D eigenvalue weighted by Crippen LogP contribution is -2.27. The van der Waals surface area contributed by atoms with E-state index in [0.29, 0.717) is 5.92 Å². The molecule has 0 amide bonds. The Labute approximate surface area is 106 Å². The average Bonchev–Trinajstić information content (AvgIpc) is 2.29. The molecule has 0 aliphatic carbocycles. The van der Waals surface area contributed by atoms with Crippen molar-refractivity contribution >= 4 is 12.4 Å². The molecule has 1 aromatic rings. The highest BCUT2D eigenvalue weighted by molar-refractivity contribution is 5.85. The fourth-order valence-electron chi connectivity index (χ4n) is 2.02. The Morgan fingerprint density at radius 2 is 1.94 bits per heavy atom. The molecule has 1 saturated heterocycles. The molecule has 0 aromatic carbocycles. The maximum absolute atomic E-state index is 13.0. The van der Waals surface area contributed by atoms with E-state index < -0.39 is 5.92 Å². The van der Waals surface area contributed by atoms with Gasteiger partial charge in [0.25, 0.3) is 5.92 Å². The van der Waals surface area contributed by atoms with Crippen molar-refractivity contribution < 1.29 is 8.78 Å². The SMILES string of the molecule is CC(F)(F)c1ccc(C2CCNCC2)nc1.Cl. The predicted octanol–water partition coefficient (Wildman–Crippen LogP) is 3.08. The lowest BCUT2D eigenvalue weighted by molar-refractivity contribution is 0.0171. The molecule has 0 radical (unpaired) electrons. The van der Waals surface area contributed by atoms with Gasteiger partial charge in [0, 0.05) is 30.3 Å². The Kier molecular flexibility index (Phi) is 4.83. The van der Waals surface area contributed by atoms with Crippen LogP contribution in [0.1, 0.15) is 36.9 Å². The van der Waals surface area contributed by atoms with Crippen LogP contribution in [0.4, 0.5) is 8.78 Å². The van der Waals surface area contributed by atoms with E-state index in [9.17, 15) is 8.78 Å². The van der Waals surface area contributed by atoms with Gasteiger partial charge in [0.05, 0.1) is 0 Å². The van der Waals surface area contributed by atoms with Crippen molar-refractivity contribution in [1.82, 2.24) is 10.3 Å². The van der Waals surface area contributed by atoms with Crippen molar-refractivity contribution in [3.8, 4) is 0 Å². The standard InChI is InChI=1S/C12H16F2N2.ClH/c1-12(13,14)10-2-3-11(16-8-10)9-4-6-15-7-5-9;/h2-3,8-9,15H,4-7H2,1H3;1H. The van der Waals surface area contributed by atoms with E-state index in [-0.39, 0.29) is 18.0 Å². The summed E-state index contributed by atoms with van der Waals surface area (Å²) in [5.74, 6) is -2.37. The van der Waals surface area contributed by atoms with E-state index >= 15 is 0 Å². The second kappa shape index (κ2) is 5.74. The zero-order valence-corrected chi connectivity index (χ0v) is 10.6. The van der Waals surface area contributed by atoms with E-state index in [1.807, 2.05) is 0 Å². The van der Waals surface area contributed by atoms with Crippen molar-refractivity contribution in [2.24, 2.45) is 0 Å². The number of hydrogen-bond donors (Lipinski definition) is 1. The molecule has 2 rings (SSSR count). The molecule has 0 saturated carbocycles. The number of nitrogens with one attached hydrogen (secondary N) is 1. The van der Waals surface area contributed by atoms with Gasteiger partial charge in [-0.25, -0.2) is 8.78 Å². The smallest absolute Gasteiger partial charge is 0.272 e. The van der Waals surface area contributed by atoms with Crippen LogP contribution < -0.4 is 5.32 Å². The van der Waals surface area contributed by atoms with Crippen LogP contribution in [0.5, 0.6) is 0 Å². The first-order valence-corrected chi connectivity index (χ1v) is 5.62. The van der Waals surface area contributed by atoms with E-state index in [4.69, 9.17) is 0 Å². The summed E-state index contributed by atoms with van der Waals surface area (Å²) in [5.41, 5.74) is 0.930. The Hall–Kier alpha value is -0.740. The summed E-state index contributed by atoms with van der Waals surface area (Å²) in [5, 5.41) is 3.27. The van der Waals surface area contributed by atoms with E-state index in [2.05, 4.69) is 10.3 Å². The number of aromatic nitrogens is 1. The van der Waals surface area contributed by atoms with Crippen molar-refractivity contribution in [1.29, 1.82) is 0 Å². The van der Waals surface area contributed by atoms with Gasteiger partial charge in [-0.05, 0) is 38.1 Å². The summed E-state index contributed by atoms with van der Waals surface area (Å²) < 4.78 is 26.0. The minimum absolute atomic E-state index is 0. The van der Waals surface area contributed by atoms with E-state index in [0.717, 1.165) is 38.5 Å². The summed E-state index contributed by atoms with van der Waals surface area (Å²) in [6.45, 7) is 2.87. The summed E-state index contributed by atoms with van der Waals surface area (Å²) >= 11 is 0. The number of nitrogens with zero attached hydrogens (tertiary/aromatic N) is 1. The molecule has 96 valence electrons. The quantitative estimate of drug-likeness (QED) is 0.886. The Morgan fingerprint density at radius 1 is 1.29 bits per heavy atom. The lowest BCUT2D eigenvalue weighted by Gasteiger charge is -2.22. The Morgan fingerprint density at radius 3 is 2.41 bits per heavy atom. The van der Waals surface area contributed by atoms with Gasteiger partial charge >= 0.3 is 0 Å². The maximum Gasteiger partial charge on any atom is 0.272 e. The zero-order chi connectivity index (χ0) is 11.6. The molecule has 1 aliphatic rings. The normalized spacial score (nSPS) is 17.6. The number of piperidine rings is 1. The summed E-state index contributed by atoms with van der Waals surface area (Å²) in [4.78, 5) is 4.16. The van der Waals surface area contributed by atoms with Crippen molar-refractivity contribution in [3.05, 3.63) is 29.6 Å². The third-order valence-electron chi connectivity index (χ3n) is 3.05. The first kappa shape index (κ1) is 14.3. The Bertz CT molecular complexity index is 343. The molecule has 2 nitrogen and oxygen atoms in total. The van der Waals surface area contributed by atoms with Crippen LogP contribution in [0.2, 0.25) is 0 Å². The number of rotatable bonds is 2. The van der Waals surface area contributed by atoms with Gasteiger partial charge in [-0.1, -0.05) is 0 Å². The molecule has 1 fully saturated rings. The molecular formula is C12H17ClF2N2. The molecule has 5 heteroatoms. The summed E-state index contributed by atoms with van der Waals surface area (Å²) in [6.07, 6.45) is 3.38. The van der Waals surface area contributed by atoms with Gasteiger partial charge in [-0.2, -0.15) is 0 Å². The van der Waals surface area contributed by atoms with Crippen LogP contribution in [-0.2, 0) is 5.92 Å². The monoisotopic (exact) mass is 262 g/mol. The number of hydrogen-bond acceptors (Lipinski definition) is 2. The minimum atomic E-state index is -2.79. The summed E-state index contributed by atoms with van der Waals surface area (Å²) in [6, 6.07) is 3.23. The molecule has 0 bridgehead atoms. The van der Waals surface area contributed by atoms with Crippen LogP contribution in [-0.4, -0.2) is 18.1 Å². The van der Waals surface area contributed by atoms with Crippen LogP contribution in [0.25, 0.3) is 0 Å². The molecule has 0 atom stereocenters. The highest BCUT2D eigenvalue weighted by Gasteiger charge is 2.25. The highest BCUT2D eigenvalue weighted by atomic mass is 35.5. The summed E-state index contributed by atoms with van der Waals surface area (Å²) in [7, 11) is 0. The first-order valence-electron chi connectivity index (χ1n) is 5.62. The topological polar surface area (TPSA) is 24.9 Å². The van der Waals surface area contributed by atoms with Gasteiger partial charge in [0.1, 0.15) is 0 Å². The van der Waals surface area contributed by atoms with Crippen molar-refractivity contribution in [2.75, 3.05) is 13.1 Å². The van der Waals surface area contributed by atoms with Gasteiger partial charge < -0.3 is 5.32 Å². The average molecular weight is 263 g/mol. The van der Waals surface area contributed by atoms with Gasteiger partial charge in [-0.3, -0.25) is 4.98 Å². The van der Waals surface area contributed by atoms with Gasteiger partial charge in [-0.15, -0.1) is 12.4 Å². The highest BCUT2D eigenvalue weighted by Crippen LogP contribution is 2.28. The molecule has 2 heterocycles. The fourth-order valence-corrected chi connectivity index (χ4v) is 2.02. The molecule has 1 N–H and O–H groups in total. The number of alkyl halides is 2. The van der Waals surface area contributed by atoms with Gasteiger partial charge in [0.2, 0.25) is 0 Å². The van der Waals surface area contributed by atoms with Crippen molar-refractivity contribution in [3.63, 3.8) is 0 Å². The van der Waals surface area contributed by atoms with Crippen LogP contribution in [0.3, 0.4) is 0 Å². The molecular weight excluding hydrogens is 246 g/mol. The largest absolute Gasteiger partial charge is 0.317 e. The molecule has 1 aromatic heterocycles. The minimum Gasteiger partial charge on any atom is -0.317 e. The van der Waals surface area contributed by atoms with E-state index in [1.165, 1.54) is 12.3 Å². The molecule has 0 spiro atoms. The van der Waals surface area contributed by atoms with Crippen molar-refractivity contribution in [2.45, 2.75) is 31.6 Å². The number of pyridine rings is 1. The van der Waals surface area contributed by atoms with E-state index in [1.54, 1.807) is 6.07 Å². The maximum atomic E-state index is 13.0. The Balaban J connectivity index is 0.00000144. The van der Waals surface area contributed by atoms with Crippen LogP contribution in [0, 0.1) is 0 Å². The molecule has 17 heavy (non-hydrogen) atoms. The lowest BCUT2D eigenvalue weighted by atomic mass is 9.94.